The third-order valence-corrected chi connectivity index (χ3v) is 6.19. The van der Waals surface area contributed by atoms with Gasteiger partial charge in [-0.1, -0.05) is 18.9 Å². The van der Waals surface area contributed by atoms with Crippen molar-refractivity contribution in [2.24, 2.45) is 0 Å². The fraction of sp³-hybridized carbons (Fsp3) is 0.455. The molecule has 1 amide bonds. The summed E-state index contributed by atoms with van der Waals surface area (Å²) < 4.78 is 15.7. The van der Waals surface area contributed by atoms with E-state index in [-0.39, 0.29) is 12.5 Å². The third-order valence-electron chi connectivity index (χ3n) is 4.97. The van der Waals surface area contributed by atoms with Gasteiger partial charge in [-0.05, 0) is 55.0 Å². The highest BCUT2D eigenvalue weighted by molar-refractivity contribution is 7.14. The van der Waals surface area contributed by atoms with Crippen LogP contribution in [0.4, 0.5) is 0 Å². The fourth-order valence-electron chi connectivity index (χ4n) is 3.39. The summed E-state index contributed by atoms with van der Waals surface area (Å²) in [6, 6.07) is 7.36. The first-order chi connectivity index (χ1) is 14.1. The van der Waals surface area contributed by atoms with Crippen LogP contribution in [0.5, 0.6) is 11.5 Å². The first kappa shape index (κ1) is 21.2. The topological polar surface area (TPSA) is 73.9 Å². The zero-order valence-corrected chi connectivity index (χ0v) is 17.7. The van der Waals surface area contributed by atoms with E-state index < -0.39 is 5.97 Å². The summed E-state index contributed by atoms with van der Waals surface area (Å²) in [4.78, 5) is 26.3. The standard InChI is InChI=1S/C22H27NO5S/c1-26-17-10-9-15(11-18(17)27-2)13-23-21(24)14-28-22(25)20-12-16-7-5-3-4-6-8-19(16)29-20/h9-12H,3-8,13-14H2,1-2H3,(H,23,24). The number of hydrogen-bond acceptors (Lipinski definition) is 6. The predicted molar refractivity (Wildman–Crippen MR) is 112 cm³/mol. The zero-order chi connectivity index (χ0) is 20.6. The number of carbonyl (C=O) groups excluding carboxylic acids is 2. The summed E-state index contributed by atoms with van der Waals surface area (Å²) in [7, 11) is 3.13. The monoisotopic (exact) mass is 417 g/mol. The molecule has 0 fully saturated rings. The molecule has 0 bridgehead atoms. The van der Waals surface area contributed by atoms with Crippen LogP contribution >= 0.6 is 11.3 Å². The van der Waals surface area contributed by atoms with Crippen LogP contribution in [0.15, 0.2) is 24.3 Å². The van der Waals surface area contributed by atoms with Crippen LogP contribution in [0.3, 0.4) is 0 Å². The molecule has 156 valence electrons. The van der Waals surface area contributed by atoms with E-state index in [1.165, 1.54) is 41.0 Å². The molecule has 3 rings (SSSR count). The third kappa shape index (κ3) is 5.73. The largest absolute Gasteiger partial charge is 0.493 e. The van der Waals surface area contributed by atoms with E-state index in [0.717, 1.165) is 24.8 Å². The number of benzene rings is 1. The van der Waals surface area contributed by atoms with Crippen LogP contribution in [0.2, 0.25) is 0 Å². The second kappa shape index (κ2) is 10.3. The van der Waals surface area contributed by atoms with Crippen molar-refractivity contribution in [3.63, 3.8) is 0 Å². The average molecular weight is 418 g/mol. The summed E-state index contributed by atoms with van der Waals surface area (Å²) in [5, 5.41) is 2.75. The number of esters is 1. The number of carbonyl (C=O) groups is 2. The Hall–Kier alpha value is -2.54. The fourth-order valence-corrected chi connectivity index (χ4v) is 4.54. The quantitative estimate of drug-likeness (QED) is 0.692. The van der Waals surface area contributed by atoms with Gasteiger partial charge in [0.1, 0.15) is 4.88 Å². The molecule has 0 saturated carbocycles. The van der Waals surface area contributed by atoms with Gasteiger partial charge in [-0.3, -0.25) is 4.79 Å². The highest BCUT2D eigenvalue weighted by atomic mass is 32.1. The van der Waals surface area contributed by atoms with Gasteiger partial charge in [-0.15, -0.1) is 11.3 Å². The van der Waals surface area contributed by atoms with Gasteiger partial charge in [-0.25, -0.2) is 4.79 Å². The lowest BCUT2D eigenvalue weighted by Crippen LogP contribution is -2.28. The second-order valence-corrected chi connectivity index (χ2v) is 8.15. The first-order valence-electron chi connectivity index (χ1n) is 9.87. The van der Waals surface area contributed by atoms with Crippen LogP contribution in [0.1, 0.15) is 51.4 Å². The molecule has 1 aliphatic carbocycles. The van der Waals surface area contributed by atoms with Crippen LogP contribution in [-0.4, -0.2) is 32.7 Å². The van der Waals surface area contributed by atoms with Gasteiger partial charge in [0.15, 0.2) is 18.1 Å². The molecule has 7 heteroatoms. The van der Waals surface area contributed by atoms with Crippen molar-refractivity contribution in [3.8, 4) is 11.5 Å². The Bertz CT molecular complexity index is 835. The summed E-state index contributed by atoms with van der Waals surface area (Å²) in [5.41, 5.74) is 2.12. The van der Waals surface area contributed by atoms with E-state index in [1.807, 2.05) is 12.1 Å². The number of thiophene rings is 1. The number of amides is 1. The van der Waals surface area contributed by atoms with Gasteiger partial charge in [0.05, 0.1) is 14.2 Å². The number of methoxy groups -OCH3 is 2. The van der Waals surface area contributed by atoms with Gasteiger partial charge < -0.3 is 19.5 Å². The lowest BCUT2D eigenvalue weighted by molar-refractivity contribution is -0.124. The molecule has 1 aromatic heterocycles. The Labute approximate surface area is 175 Å². The van der Waals surface area contributed by atoms with E-state index in [1.54, 1.807) is 26.4 Å². The number of hydrogen-bond donors (Lipinski definition) is 1. The maximum Gasteiger partial charge on any atom is 0.348 e. The van der Waals surface area contributed by atoms with Gasteiger partial charge in [-0.2, -0.15) is 0 Å². The SMILES string of the molecule is COc1ccc(CNC(=O)COC(=O)c2cc3c(s2)CCCCCC3)cc1OC. The molecule has 0 spiro atoms. The second-order valence-electron chi connectivity index (χ2n) is 7.02. The van der Waals surface area contributed by atoms with Crippen molar-refractivity contribution in [1.82, 2.24) is 5.32 Å². The van der Waals surface area contributed by atoms with Crippen molar-refractivity contribution in [2.75, 3.05) is 20.8 Å². The summed E-state index contributed by atoms with van der Waals surface area (Å²) in [6.07, 6.45) is 6.87. The Morgan fingerprint density at radius 1 is 1.00 bits per heavy atom. The highest BCUT2D eigenvalue weighted by Gasteiger charge is 2.18. The van der Waals surface area contributed by atoms with Crippen molar-refractivity contribution < 1.29 is 23.8 Å². The lowest BCUT2D eigenvalue weighted by Gasteiger charge is -2.10. The molecule has 1 heterocycles. The predicted octanol–water partition coefficient (Wildman–Crippen LogP) is 3.90. The Morgan fingerprint density at radius 3 is 2.52 bits per heavy atom. The van der Waals surface area contributed by atoms with Crippen molar-refractivity contribution in [3.05, 3.63) is 45.1 Å². The molecule has 0 radical (unpaired) electrons. The van der Waals surface area contributed by atoms with Gasteiger partial charge in [0.25, 0.3) is 5.91 Å². The number of fused-ring (bicyclic) bond motifs is 1. The number of ether oxygens (including phenoxy) is 3. The molecule has 0 atom stereocenters. The van der Waals surface area contributed by atoms with E-state index in [0.29, 0.717) is 22.9 Å². The molecule has 1 aromatic carbocycles. The normalized spacial score (nSPS) is 13.6. The van der Waals surface area contributed by atoms with Crippen molar-refractivity contribution >= 4 is 23.2 Å². The van der Waals surface area contributed by atoms with Crippen molar-refractivity contribution in [1.29, 1.82) is 0 Å². The van der Waals surface area contributed by atoms with E-state index in [9.17, 15) is 9.59 Å². The minimum absolute atomic E-state index is 0.297. The molecule has 0 aliphatic heterocycles. The van der Waals surface area contributed by atoms with Crippen molar-refractivity contribution in [2.45, 2.75) is 45.1 Å². The summed E-state index contributed by atoms with van der Waals surface area (Å²) in [6.45, 7) is 0.0126. The first-order valence-corrected chi connectivity index (χ1v) is 10.7. The van der Waals surface area contributed by atoms with Crippen LogP contribution < -0.4 is 14.8 Å². The van der Waals surface area contributed by atoms with Crippen LogP contribution in [0.25, 0.3) is 0 Å². The van der Waals surface area contributed by atoms with E-state index >= 15 is 0 Å². The molecule has 1 aliphatic rings. The molecule has 0 saturated heterocycles. The molecule has 1 N–H and O–H groups in total. The Balaban J connectivity index is 1.49. The zero-order valence-electron chi connectivity index (χ0n) is 16.9. The van der Waals surface area contributed by atoms with Crippen LogP contribution in [-0.2, 0) is 28.9 Å². The molecular formula is C22H27NO5S. The van der Waals surface area contributed by atoms with Crippen LogP contribution in [0, 0.1) is 0 Å². The molecule has 29 heavy (non-hydrogen) atoms. The van der Waals surface area contributed by atoms with Gasteiger partial charge in [0, 0.05) is 11.4 Å². The number of aryl methyl sites for hydroxylation is 2. The van der Waals surface area contributed by atoms with Gasteiger partial charge >= 0.3 is 5.97 Å². The lowest BCUT2D eigenvalue weighted by atomic mass is 10.00. The Kier molecular flexibility index (Phi) is 7.52. The number of rotatable bonds is 7. The smallest absolute Gasteiger partial charge is 0.348 e. The molecular weight excluding hydrogens is 390 g/mol. The van der Waals surface area contributed by atoms with E-state index in [2.05, 4.69) is 5.32 Å². The minimum Gasteiger partial charge on any atom is -0.493 e. The maximum atomic E-state index is 12.3. The molecule has 2 aromatic rings. The molecule has 0 unspecified atom stereocenters. The van der Waals surface area contributed by atoms with E-state index in [4.69, 9.17) is 14.2 Å². The summed E-state index contributed by atoms with van der Waals surface area (Å²) in [5.74, 6) is 0.451. The van der Waals surface area contributed by atoms with Gasteiger partial charge in [0.2, 0.25) is 0 Å². The average Bonchev–Trinajstić information content (AvgIpc) is 3.12. The molecule has 6 nitrogen and oxygen atoms in total. The minimum atomic E-state index is -0.428. The summed E-state index contributed by atoms with van der Waals surface area (Å²) >= 11 is 1.50. The number of nitrogens with one attached hydrogen (secondary N) is 1. The Morgan fingerprint density at radius 2 is 1.76 bits per heavy atom. The maximum absolute atomic E-state index is 12.3. The highest BCUT2D eigenvalue weighted by Crippen LogP contribution is 2.29.